The SMILES string of the molecule is Clc1nc(N2CCCCCC2)nc(-c2ccccc2)c1Br. The van der Waals surface area contributed by atoms with E-state index in [2.05, 4.69) is 25.8 Å². The number of nitrogens with zero attached hydrogens (tertiary/aromatic N) is 3. The maximum Gasteiger partial charge on any atom is 0.227 e. The summed E-state index contributed by atoms with van der Waals surface area (Å²) in [5.41, 5.74) is 1.90. The van der Waals surface area contributed by atoms with Gasteiger partial charge in [-0.25, -0.2) is 4.98 Å². The summed E-state index contributed by atoms with van der Waals surface area (Å²) in [5, 5.41) is 0.475. The Bertz CT molecular complexity index is 610. The molecule has 110 valence electrons. The Balaban J connectivity index is 2.01. The van der Waals surface area contributed by atoms with Gasteiger partial charge in [-0.2, -0.15) is 4.98 Å². The van der Waals surface area contributed by atoms with Crippen LogP contribution in [0.2, 0.25) is 5.15 Å². The van der Waals surface area contributed by atoms with Crippen LogP contribution in [0.4, 0.5) is 5.95 Å². The fourth-order valence-electron chi connectivity index (χ4n) is 2.61. The van der Waals surface area contributed by atoms with Crippen LogP contribution in [0.3, 0.4) is 0 Å². The molecule has 0 N–H and O–H groups in total. The summed E-state index contributed by atoms with van der Waals surface area (Å²) in [4.78, 5) is 11.5. The first-order valence-corrected chi connectivity index (χ1v) is 8.46. The van der Waals surface area contributed by atoms with Crippen molar-refractivity contribution in [2.45, 2.75) is 25.7 Å². The Hall–Kier alpha value is -1.13. The van der Waals surface area contributed by atoms with Gasteiger partial charge in [0.25, 0.3) is 0 Å². The number of halogens is 2. The zero-order chi connectivity index (χ0) is 14.7. The van der Waals surface area contributed by atoms with Gasteiger partial charge in [-0.1, -0.05) is 54.8 Å². The first-order chi connectivity index (χ1) is 10.3. The molecule has 0 spiro atoms. The molecule has 1 fully saturated rings. The third-order valence-corrected chi connectivity index (χ3v) is 4.99. The first kappa shape index (κ1) is 14.8. The Kier molecular flexibility index (Phi) is 4.76. The van der Waals surface area contributed by atoms with Crippen LogP contribution >= 0.6 is 27.5 Å². The highest BCUT2D eigenvalue weighted by atomic mass is 79.9. The molecule has 1 saturated heterocycles. The molecule has 3 nitrogen and oxygen atoms in total. The second kappa shape index (κ2) is 6.75. The van der Waals surface area contributed by atoms with Crippen molar-refractivity contribution in [3.05, 3.63) is 40.0 Å². The Labute approximate surface area is 138 Å². The predicted octanol–water partition coefficient (Wildman–Crippen LogP) is 4.94. The van der Waals surface area contributed by atoms with E-state index in [0.29, 0.717) is 5.15 Å². The zero-order valence-electron chi connectivity index (χ0n) is 11.7. The molecule has 3 rings (SSSR count). The van der Waals surface area contributed by atoms with E-state index in [0.717, 1.165) is 34.8 Å². The Morgan fingerprint density at radius 3 is 2.29 bits per heavy atom. The molecule has 2 aromatic rings. The van der Waals surface area contributed by atoms with E-state index in [1.54, 1.807) is 0 Å². The minimum atomic E-state index is 0.475. The molecule has 21 heavy (non-hydrogen) atoms. The van der Waals surface area contributed by atoms with Crippen molar-refractivity contribution in [1.82, 2.24) is 9.97 Å². The van der Waals surface area contributed by atoms with Crippen molar-refractivity contribution in [2.24, 2.45) is 0 Å². The van der Waals surface area contributed by atoms with Crippen LogP contribution < -0.4 is 4.90 Å². The number of benzene rings is 1. The van der Waals surface area contributed by atoms with Crippen LogP contribution in [0, 0.1) is 0 Å². The summed E-state index contributed by atoms with van der Waals surface area (Å²) in [7, 11) is 0. The summed E-state index contributed by atoms with van der Waals surface area (Å²) < 4.78 is 0.758. The van der Waals surface area contributed by atoms with E-state index >= 15 is 0 Å². The summed E-state index contributed by atoms with van der Waals surface area (Å²) >= 11 is 9.82. The van der Waals surface area contributed by atoms with Crippen LogP contribution in [-0.2, 0) is 0 Å². The van der Waals surface area contributed by atoms with E-state index in [4.69, 9.17) is 16.6 Å². The maximum absolute atomic E-state index is 6.30. The van der Waals surface area contributed by atoms with Gasteiger partial charge in [0.1, 0.15) is 5.15 Å². The standard InChI is InChI=1S/C16H17BrClN3/c17-13-14(12-8-4-3-5-9-12)19-16(20-15(13)18)21-10-6-1-2-7-11-21/h3-5,8-9H,1-2,6-7,10-11H2. The quantitative estimate of drug-likeness (QED) is 0.705. The molecular weight excluding hydrogens is 350 g/mol. The minimum Gasteiger partial charge on any atom is -0.341 e. The lowest BCUT2D eigenvalue weighted by molar-refractivity contribution is 0.726. The van der Waals surface area contributed by atoms with E-state index in [1.807, 2.05) is 30.3 Å². The minimum absolute atomic E-state index is 0.475. The van der Waals surface area contributed by atoms with Gasteiger partial charge in [-0.05, 0) is 28.8 Å². The predicted molar refractivity (Wildman–Crippen MR) is 90.9 cm³/mol. The summed E-state index contributed by atoms with van der Waals surface area (Å²) in [6, 6.07) is 10.1. The largest absolute Gasteiger partial charge is 0.341 e. The van der Waals surface area contributed by atoms with Crippen LogP contribution in [0.1, 0.15) is 25.7 Å². The van der Waals surface area contributed by atoms with Crippen LogP contribution in [0.25, 0.3) is 11.3 Å². The van der Waals surface area contributed by atoms with Gasteiger partial charge in [0.15, 0.2) is 0 Å². The van der Waals surface area contributed by atoms with Crippen molar-refractivity contribution in [3.63, 3.8) is 0 Å². The van der Waals surface area contributed by atoms with Gasteiger partial charge in [0.2, 0.25) is 5.95 Å². The zero-order valence-corrected chi connectivity index (χ0v) is 14.1. The summed E-state index contributed by atoms with van der Waals surface area (Å²) in [6.07, 6.45) is 4.95. The van der Waals surface area contributed by atoms with Crippen LogP contribution in [0.15, 0.2) is 34.8 Å². The summed E-state index contributed by atoms with van der Waals surface area (Å²) in [6.45, 7) is 2.01. The van der Waals surface area contributed by atoms with Crippen molar-refractivity contribution >= 4 is 33.5 Å². The van der Waals surface area contributed by atoms with Crippen LogP contribution in [-0.4, -0.2) is 23.1 Å². The van der Waals surface area contributed by atoms with Gasteiger partial charge in [-0.15, -0.1) is 0 Å². The molecule has 1 aromatic carbocycles. The molecule has 0 atom stereocenters. The smallest absolute Gasteiger partial charge is 0.227 e. The fourth-order valence-corrected chi connectivity index (χ4v) is 3.18. The molecule has 0 unspecified atom stereocenters. The van der Waals surface area contributed by atoms with E-state index in [9.17, 15) is 0 Å². The third kappa shape index (κ3) is 3.38. The molecular formula is C16H17BrClN3. The maximum atomic E-state index is 6.30. The van der Waals surface area contributed by atoms with E-state index in [1.165, 1.54) is 25.7 Å². The topological polar surface area (TPSA) is 29.0 Å². The second-order valence-corrected chi connectivity index (χ2v) is 6.40. The molecule has 2 heterocycles. The molecule has 0 saturated carbocycles. The molecule has 0 amide bonds. The first-order valence-electron chi connectivity index (χ1n) is 7.29. The fraction of sp³-hybridized carbons (Fsp3) is 0.375. The highest BCUT2D eigenvalue weighted by Gasteiger charge is 2.17. The van der Waals surface area contributed by atoms with Crippen molar-refractivity contribution in [1.29, 1.82) is 0 Å². The van der Waals surface area contributed by atoms with E-state index in [-0.39, 0.29) is 0 Å². The van der Waals surface area contributed by atoms with Crippen molar-refractivity contribution in [3.8, 4) is 11.3 Å². The summed E-state index contributed by atoms with van der Waals surface area (Å²) in [5.74, 6) is 0.740. The van der Waals surface area contributed by atoms with Gasteiger partial charge in [-0.3, -0.25) is 0 Å². The normalized spacial score (nSPS) is 15.8. The highest BCUT2D eigenvalue weighted by Crippen LogP contribution is 2.33. The van der Waals surface area contributed by atoms with Gasteiger partial charge in [0, 0.05) is 18.7 Å². The number of anilines is 1. The lowest BCUT2D eigenvalue weighted by Crippen LogP contribution is -2.26. The molecule has 0 radical (unpaired) electrons. The second-order valence-electron chi connectivity index (χ2n) is 5.24. The molecule has 1 aliphatic heterocycles. The molecule has 1 aliphatic rings. The Morgan fingerprint density at radius 2 is 1.62 bits per heavy atom. The molecule has 1 aromatic heterocycles. The molecule has 5 heteroatoms. The lowest BCUT2D eigenvalue weighted by Gasteiger charge is -2.21. The van der Waals surface area contributed by atoms with Gasteiger partial charge < -0.3 is 4.90 Å². The number of aromatic nitrogens is 2. The lowest BCUT2D eigenvalue weighted by atomic mass is 10.1. The average Bonchev–Trinajstić information content (AvgIpc) is 2.80. The number of hydrogen-bond acceptors (Lipinski definition) is 3. The van der Waals surface area contributed by atoms with Gasteiger partial charge in [0.05, 0.1) is 10.2 Å². The van der Waals surface area contributed by atoms with Gasteiger partial charge >= 0.3 is 0 Å². The van der Waals surface area contributed by atoms with Crippen molar-refractivity contribution in [2.75, 3.05) is 18.0 Å². The number of hydrogen-bond donors (Lipinski definition) is 0. The average molecular weight is 367 g/mol. The number of rotatable bonds is 2. The molecule has 0 bridgehead atoms. The highest BCUT2D eigenvalue weighted by molar-refractivity contribution is 9.10. The Morgan fingerprint density at radius 1 is 0.952 bits per heavy atom. The monoisotopic (exact) mass is 365 g/mol. The van der Waals surface area contributed by atoms with Crippen molar-refractivity contribution < 1.29 is 0 Å². The van der Waals surface area contributed by atoms with E-state index < -0.39 is 0 Å². The van der Waals surface area contributed by atoms with Crippen LogP contribution in [0.5, 0.6) is 0 Å². The third-order valence-electron chi connectivity index (χ3n) is 3.74. The molecule has 0 aliphatic carbocycles.